The fourth-order valence-corrected chi connectivity index (χ4v) is 1.87. The molecule has 0 aliphatic carbocycles. The summed E-state index contributed by atoms with van der Waals surface area (Å²) in [6, 6.07) is 8.18. The molecule has 0 bridgehead atoms. The Bertz CT molecular complexity index is 350. The van der Waals surface area contributed by atoms with Gasteiger partial charge in [-0.1, -0.05) is 62.2 Å². The van der Waals surface area contributed by atoms with Crippen LogP contribution in [0, 0.1) is 0 Å². The number of fused-ring (bicyclic) bond motifs is 1. The van der Waals surface area contributed by atoms with Crippen LogP contribution in [0.15, 0.2) is 36.4 Å². The second kappa shape index (κ2) is 5.96. The first-order chi connectivity index (χ1) is 7.75. The Labute approximate surface area is 112 Å². The molecule has 1 heterocycles. The standard InChI is InChI=1S/C12H12Br2O2/c13-11(14)5-6-12-15-7-9-3-1-2-4-10(9)8-16-12/h1-6,11-12H,7-8H2/b6-5+. The third-order valence-electron chi connectivity index (χ3n) is 2.34. The van der Waals surface area contributed by atoms with Crippen molar-refractivity contribution < 1.29 is 9.47 Å². The average molecular weight is 348 g/mol. The Morgan fingerprint density at radius 2 is 1.69 bits per heavy atom. The number of allylic oxidation sites excluding steroid dienone is 1. The maximum atomic E-state index is 5.63. The van der Waals surface area contributed by atoms with Crippen LogP contribution < -0.4 is 0 Å². The summed E-state index contributed by atoms with van der Waals surface area (Å²) in [4.78, 5) is 0. The van der Waals surface area contributed by atoms with Gasteiger partial charge in [0.2, 0.25) is 0 Å². The minimum absolute atomic E-state index is 0.151. The zero-order valence-corrected chi connectivity index (χ0v) is 11.8. The lowest BCUT2D eigenvalue weighted by molar-refractivity contribution is -0.117. The van der Waals surface area contributed by atoms with Gasteiger partial charge >= 0.3 is 0 Å². The summed E-state index contributed by atoms with van der Waals surface area (Å²) in [7, 11) is 0. The predicted molar refractivity (Wildman–Crippen MR) is 70.6 cm³/mol. The third kappa shape index (κ3) is 3.42. The minimum atomic E-state index is -0.273. The number of ether oxygens (including phenoxy) is 2. The first-order valence-electron chi connectivity index (χ1n) is 5.02. The molecule has 1 aliphatic rings. The van der Waals surface area contributed by atoms with E-state index in [9.17, 15) is 0 Å². The summed E-state index contributed by atoms with van der Waals surface area (Å²) in [5.74, 6) is 0. The molecule has 86 valence electrons. The number of rotatable bonds is 2. The number of hydrogen-bond acceptors (Lipinski definition) is 2. The van der Waals surface area contributed by atoms with E-state index < -0.39 is 0 Å². The van der Waals surface area contributed by atoms with Crippen molar-refractivity contribution in [2.75, 3.05) is 0 Å². The van der Waals surface area contributed by atoms with Crippen LogP contribution in [0.3, 0.4) is 0 Å². The van der Waals surface area contributed by atoms with Gasteiger partial charge in [0, 0.05) is 0 Å². The van der Waals surface area contributed by atoms with Gasteiger partial charge < -0.3 is 9.47 Å². The van der Waals surface area contributed by atoms with Crippen LogP contribution in [0.1, 0.15) is 11.1 Å². The topological polar surface area (TPSA) is 18.5 Å². The second-order valence-electron chi connectivity index (χ2n) is 3.48. The van der Waals surface area contributed by atoms with E-state index in [2.05, 4.69) is 44.0 Å². The van der Waals surface area contributed by atoms with E-state index in [-0.39, 0.29) is 10.0 Å². The molecule has 16 heavy (non-hydrogen) atoms. The molecular weight excluding hydrogens is 336 g/mol. The lowest BCUT2D eigenvalue weighted by atomic mass is 10.1. The molecule has 4 heteroatoms. The summed E-state index contributed by atoms with van der Waals surface area (Å²) in [5, 5.41) is 0. The van der Waals surface area contributed by atoms with Crippen LogP contribution in [0.25, 0.3) is 0 Å². The lowest BCUT2D eigenvalue weighted by Gasteiger charge is -2.10. The van der Waals surface area contributed by atoms with Crippen molar-refractivity contribution >= 4 is 31.9 Å². The van der Waals surface area contributed by atoms with Crippen LogP contribution in [-0.4, -0.2) is 10.0 Å². The van der Waals surface area contributed by atoms with Crippen molar-refractivity contribution in [1.82, 2.24) is 0 Å². The van der Waals surface area contributed by atoms with Crippen molar-refractivity contribution in [2.45, 2.75) is 23.2 Å². The van der Waals surface area contributed by atoms with Crippen LogP contribution in [0.2, 0.25) is 0 Å². The normalized spacial score (nSPS) is 17.7. The quantitative estimate of drug-likeness (QED) is 0.599. The molecule has 1 aromatic carbocycles. The maximum Gasteiger partial charge on any atom is 0.177 e. The van der Waals surface area contributed by atoms with E-state index in [0.717, 1.165) is 0 Å². The molecule has 2 nitrogen and oxygen atoms in total. The Hall–Kier alpha value is -0.160. The summed E-state index contributed by atoms with van der Waals surface area (Å²) in [5.41, 5.74) is 2.40. The highest BCUT2D eigenvalue weighted by atomic mass is 79.9. The molecule has 0 radical (unpaired) electrons. The molecule has 0 unspecified atom stereocenters. The molecule has 0 amide bonds. The SMILES string of the molecule is BrC(Br)/C=C/C1OCc2ccccc2CO1. The van der Waals surface area contributed by atoms with Gasteiger partial charge in [-0.05, 0) is 17.2 Å². The van der Waals surface area contributed by atoms with E-state index in [1.807, 2.05) is 24.3 Å². The average Bonchev–Trinajstić information content (AvgIpc) is 2.49. The van der Waals surface area contributed by atoms with Gasteiger partial charge in [0.1, 0.15) is 0 Å². The summed E-state index contributed by atoms with van der Waals surface area (Å²) >= 11 is 6.74. The van der Waals surface area contributed by atoms with Crippen LogP contribution >= 0.6 is 31.9 Å². The zero-order valence-electron chi connectivity index (χ0n) is 8.61. The zero-order chi connectivity index (χ0) is 11.4. The van der Waals surface area contributed by atoms with Crippen LogP contribution in [0.4, 0.5) is 0 Å². The van der Waals surface area contributed by atoms with E-state index in [4.69, 9.17) is 9.47 Å². The Kier molecular flexibility index (Phi) is 4.58. The van der Waals surface area contributed by atoms with Crippen molar-refractivity contribution in [2.24, 2.45) is 0 Å². The summed E-state index contributed by atoms with van der Waals surface area (Å²) in [6.07, 6.45) is 3.57. The predicted octanol–water partition coefficient (Wildman–Crippen LogP) is 3.73. The van der Waals surface area contributed by atoms with E-state index in [1.54, 1.807) is 0 Å². The van der Waals surface area contributed by atoms with Gasteiger partial charge in [-0.3, -0.25) is 0 Å². The van der Waals surface area contributed by atoms with Gasteiger partial charge in [0.05, 0.1) is 17.0 Å². The molecule has 0 saturated carbocycles. The number of benzene rings is 1. The molecule has 0 atom stereocenters. The number of halogens is 2. The van der Waals surface area contributed by atoms with Crippen LogP contribution in [-0.2, 0) is 22.7 Å². The number of hydrogen-bond donors (Lipinski definition) is 0. The molecule has 1 aromatic rings. The van der Waals surface area contributed by atoms with E-state index in [0.29, 0.717) is 13.2 Å². The maximum absolute atomic E-state index is 5.63. The van der Waals surface area contributed by atoms with Crippen molar-refractivity contribution in [3.63, 3.8) is 0 Å². The highest BCUT2D eigenvalue weighted by Gasteiger charge is 2.13. The molecule has 1 aliphatic heterocycles. The minimum Gasteiger partial charge on any atom is -0.344 e. The lowest BCUT2D eigenvalue weighted by Crippen LogP contribution is -2.11. The fraction of sp³-hybridized carbons (Fsp3) is 0.333. The van der Waals surface area contributed by atoms with E-state index in [1.165, 1.54) is 11.1 Å². The largest absolute Gasteiger partial charge is 0.344 e. The highest BCUT2D eigenvalue weighted by Crippen LogP contribution is 2.19. The third-order valence-corrected chi connectivity index (χ3v) is 2.95. The first kappa shape index (κ1) is 12.3. The van der Waals surface area contributed by atoms with Crippen molar-refractivity contribution in [1.29, 1.82) is 0 Å². The molecule has 0 saturated heterocycles. The highest BCUT2D eigenvalue weighted by molar-refractivity contribution is 9.24. The van der Waals surface area contributed by atoms with Crippen LogP contribution in [0.5, 0.6) is 0 Å². The summed E-state index contributed by atoms with van der Waals surface area (Å²) in [6.45, 7) is 1.20. The molecule has 2 rings (SSSR count). The summed E-state index contributed by atoms with van der Waals surface area (Å²) < 4.78 is 11.4. The monoisotopic (exact) mass is 346 g/mol. The first-order valence-corrected chi connectivity index (χ1v) is 6.85. The smallest absolute Gasteiger partial charge is 0.177 e. The van der Waals surface area contributed by atoms with Gasteiger partial charge in [0.15, 0.2) is 6.29 Å². The van der Waals surface area contributed by atoms with Gasteiger partial charge in [-0.25, -0.2) is 0 Å². The van der Waals surface area contributed by atoms with Gasteiger partial charge in [-0.15, -0.1) is 0 Å². The van der Waals surface area contributed by atoms with E-state index >= 15 is 0 Å². The van der Waals surface area contributed by atoms with Crippen molar-refractivity contribution in [3.05, 3.63) is 47.5 Å². The van der Waals surface area contributed by atoms with Gasteiger partial charge in [-0.2, -0.15) is 0 Å². The molecular formula is C12H12Br2O2. The number of alkyl halides is 2. The van der Waals surface area contributed by atoms with Gasteiger partial charge in [0.25, 0.3) is 0 Å². The Morgan fingerprint density at radius 1 is 1.12 bits per heavy atom. The second-order valence-corrected chi connectivity index (χ2v) is 6.68. The molecule has 0 aromatic heterocycles. The molecule has 0 spiro atoms. The molecule has 0 fully saturated rings. The molecule has 0 N–H and O–H groups in total. The fourth-order valence-electron chi connectivity index (χ4n) is 1.52. The van der Waals surface area contributed by atoms with Crippen molar-refractivity contribution in [3.8, 4) is 0 Å². The Morgan fingerprint density at radius 3 is 2.19 bits per heavy atom. The Balaban J connectivity index is 2.02.